The molecule has 0 N–H and O–H groups in total. The molecule has 4 fully saturated rings. The smallest absolute Gasteiger partial charge is 0.0192 e. The summed E-state index contributed by atoms with van der Waals surface area (Å²) >= 11 is 0. The van der Waals surface area contributed by atoms with Crippen molar-refractivity contribution in [3.05, 3.63) is 46.0 Å². The lowest BCUT2D eigenvalue weighted by Crippen LogP contribution is -2.31. The van der Waals surface area contributed by atoms with Crippen LogP contribution in [0.3, 0.4) is 0 Å². The van der Waals surface area contributed by atoms with Crippen molar-refractivity contribution in [1.29, 1.82) is 0 Å². The third-order valence-electron chi connectivity index (χ3n) is 9.32. The van der Waals surface area contributed by atoms with E-state index in [-0.39, 0.29) is 0 Å². The van der Waals surface area contributed by atoms with E-state index in [1.165, 1.54) is 68.1 Å². The maximum Gasteiger partial charge on any atom is -0.0192 e. The van der Waals surface area contributed by atoms with Gasteiger partial charge in [-0.15, -0.1) is 0 Å². The molecule has 0 radical (unpaired) electrons. The zero-order valence-corrected chi connectivity index (χ0v) is 20.7. The van der Waals surface area contributed by atoms with Crippen molar-refractivity contribution < 1.29 is 0 Å². The first-order valence-electron chi connectivity index (χ1n) is 13.4. The zero-order valence-electron chi connectivity index (χ0n) is 20.7. The Labute approximate surface area is 191 Å². The first-order chi connectivity index (χ1) is 14.8. The Morgan fingerprint density at radius 1 is 0.581 bits per heavy atom. The van der Waals surface area contributed by atoms with E-state index in [9.17, 15) is 0 Å². The Balaban J connectivity index is 1.44. The molecule has 0 heteroatoms. The Morgan fingerprint density at radius 2 is 1.03 bits per heavy atom. The molecule has 8 atom stereocenters. The van der Waals surface area contributed by atoms with Gasteiger partial charge in [-0.1, -0.05) is 63.1 Å². The molecule has 0 heterocycles. The highest BCUT2D eigenvalue weighted by Crippen LogP contribution is 2.49. The zero-order chi connectivity index (χ0) is 21.7. The summed E-state index contributed by atoms with van der Waals surface area (Å²) in [6.07, 6.45) is 16.7. The van der Waals surface area contributed by atoms with E-state index in [0.717, 1.165) is 47.3 Å². The maximum atomic E-state index is 2.60. The van der Waals surface area contributed by atoms with E-state index in [1.54, 1.807) is 11.1 Å². The van der Waals surface area contributed by atoms with Crippen molar-refractivity contribution in [2.75, 3.05) is 0 Å². The number of fused-ring (bicyclic) bond motifs is 4. The summed E-state index contributed by atoms with van der Waals surface area (Å²) in [5.41, 5.74) is 7.81. The second-order valence-electron chi connectivity index (χ2n) is 12.5. The average molecular weight is 417 g/mol. The molecule has 1 aromatic rings. The van der Waals surface area contributed by atoms with Crippen LogP contribution >= 0.6 is 0 Å². The molecule has 4 saturated carbocycles. The van der Waals surface area contributed by atoms with Crippen LogP contribution in [0.15, 0.2) is 29.3 Å². The summed E-state index contributed by atoms with van der Waals surface area (Å²) in [6, 6.07) is 7.33. The van der Waals surface area contributed by atoms with E-state index < -0.39 is 0 Å². The number of benzene rings is 1. The van der Waals surface area contributed by atoms with Crippen LogP contribution in [-0.2, 0) is 0 Å². The normalized spacial score (nSPS) is 42.7. The molecule has 0 nitrogen and oxygen atoms in total. The first-order valence-corrected chi connectivity index (χ1v) is 13.4. The largest absolute Gasteiger partial charge is 0.0637 e. The lowest BCUT2D eigenvalue weighted by atomic mass is 9.62. The minimum Gasteiger partial charge on any atom is -0.0637 e. The van der Waals surface area contributed by atoms with Crippen LogP contribution in [0.25, 0.3) is 12.2 Å². The predicted octanol–water partition coefficient (Wildman–Crippen LogP) is 8.95. The van der Waals surface area contributed by atoms with Gasteiger partial charge in [0.15, 0.2) is 0 Å². The van der Waals surface area contributed by atoms with Crippen LogP contribution in [-0.4, -0.2) is 0 Å². The number of rotatable bonds is 2. The molecule has 31 heavy (non-hydrogen) atoms. The quantitative estimate of drug-likeness (QED) is 0.451. The van der Waals surface area contributed by atoms with Crippen molar-refractivity contribution in [1.82, 2.24) is 0 Å². The van der Waals surface area contributed by atoms with Gasteiger partial charge in [0.05, 0.1) is 0 Å². The molecular weight excluding hydrogens is 372 g/mol. The molecule has 8 unspecified atom stereocenters. The third kappa shape index (κ3) is 4.60. The first kappa shape index (κ1) is 21.5. The lowest BCUT2D eigenvalue weighted by Gasteiger charge is -2.43. The van der Waals surface area contributed by atoms with Gasteiger partial charge in [-0.3, -0.25) is 0 Å². The number of allylic oxidation sites excluding steroid dienone is 2. The molecule has 1 aromatic carbocycles. The Bertz CT molecular complexity index is 794. The average Bonchev–Trinajstić information content (AvgIpc) is 2.67. The summed E-state index contributed by atoms with van der Waals surface area (Å²) in [7, 11) is 0. The van der Waals surface area contributed by atoms with Crippen molar-refractivity contribution in [3.63, 3.8) is 0 Å². The topological polar surface area (TPSA) is 0 Å². The van der Waals surface area contributed by atoms with Gasteiger partial charge in [0.25, 0.3) is 0 Å². The molecule has 0 amide bonds. The Hall–Kier alpha value is -1.30. The highest BCUT2D eigenvalue weighted by molar-refractivity contribution is 5.63. The molecule has 4 aliphatic rings. The van der Waals surface area contributed by atoms with Crippen LogP contribution in [0.5, 0.6) is 0 Å². The van der Waals surface area contributed by atoms with Gasteiger partial charge in [0, 0.05) is 0 Å². The third-order valence-corrected chi connectivity index (χ3v) is 9.32. The maximum absolute atomic E-state index is 2.60. The van der Waals surface area contributed by atoms with Crippen LogP contribution < -0.4 is 0 Å². The second kappa shape index (κ2) is 8.57. The molecular formula is C31H44. The van der Waals surface area contributed by atoms with E-state index in [1.807, 2.05) is 0 Å². The van der Waals surface area contributed by atoms with Crippen molar-refractivity contribution in [2.24, 2.45) is 47.3 Å². The van der Waals surface area contributed by atoms with Gasteiger partial charge in [0.1, 0.15) is 0 Å². The second-order valence-corrected chi connectivity index (χ2v) is 12.5. The van der Waals surface area contributed by atoms with Crippen molar-refractivity contribution >= 4 is 12.2 Å². The van der Waals surface area contributed by atoms with Gasteiger partial charge >= 0.3 is 0 Å². The van der Waals surface area contributed by atoms with Gasteiger partial charge < -0.3 is 0 Å². The SMILES string of the molecule is Cc1cc(/C=C2\C(C)CC3CC(C)CC2C3)cc(/C=C2\C(C)CC3CC(C)CC2C3)c1. The molecule has 168 valence electrons. The van der Waals surface area contributed by atoms with Gasteiger partial charge in [-0.2, -0.15) is 0 Å². The molecule has 0 aromatic heterocycles. The lowest BCUT2D eigenvalue weighted by molar-refractivity contribution is 0.163. The minimum atomic E-state index is 0.762. The summed E-state index contributed by atoms with van der Waals surface area (Å²) in [5.74, 6) is 6.97. The van der Waals surface area contributed by atoms with Crippen molar-refractivity contribution in [3.8, 4) is 0 Å². The van der Waals surface area contributed by atoms with Crippen LogP contribution in [0, 0.1) is 54.3 Å². The predicted molar refractivity (Wildman–Crippen MR) is 135 cm³/mol. The molecule has 5 rings (SSSR count). The van der Waals surface area contributed by atoms with Crippen LogP contribution in [0.1, 0.15) is 95.8 Å². The van der Waals surface area contributed by atoms with E-state index in [0.29, 0.717) is 0 Å². The fraction of sp³-hybridized carbons (Fsp3) is 0.677. The molecule has 0 saturated heterocycles. The summed E-state index contributed by atoms with van der Waals surface area (Å²) in [4.78, 5) is 0. The fourth-order valence-corrected chi connectivity index (χ4v) is 8.41. The molecule has 4 aliphatic carbocycles. The molecule has 0 spiro atoms. The van der Waals surface area contributed by atoms with Gasteiger partial charge in [-0.25, -0.2) is 0 Å². The summed E-state index contributed by atoms with van der Waals surface area (Å²) < 4.78 is 0. The Morgan fingerprint density at radius 3 is 1.48 bits per heavy atom. The van der Waals surface area contributed by atoms with E-state index >= 15 is 0 Å². The monoisotopic (exact) mass is 416 g/mol. The van der Waals surface area contributed by atoms with E-state index in [4.69, 9.17) is 0 Å². The molecule has 4 bridgehead atoms. The minimum absolute atomic E-state index is 0.762. The van der Waals surface area contributed by atoms with Gasteiger partial charge in [0.2, 0.25) is 0 Å². The van der Waals surface area contributed by atoms with Crippen LogP contribution in [0.2, 0.25) is 0 Å². The number of aryl methyl sites for hydroxylation is 1. The molecule has 0 aliphatic heterocycles. The summed E-state index contributed by atoms with van der Waals surface area (Å²) in [6.45, 7) is 12.2. The highest BCUT2D eigenvalue weighted by Gasteiger charge is 2.37. The fourth-order valence-electron chi connectivity index (χ4n) is 8.41. The van der Waals surface area contributed by atoms with Gasteiger partial charge in [-0.05, 0) is 128 Å². The van der Waals surface area contributed by atoms with Crippen LogP contribution in [0.4, 0.5) is 0 Å². The van der Waals surface area contributed by atoms with Crippen molar-refractivity contribution in [2.45, 2.75) is 86.0 Å². The number of hydrogen-bond donors (Lipinski definition) is 0. The summed E-state index contributed by atoms with van der Waals surface area (Å²) in [5, 5.41) is 0. The Kier molecular flexibility index (Phi) is 5.95. The number of hydrogen-bond acceptors (Lipinski definition) is 0. The van der Waals surface area contributed by atoms with E-state index in [2.05, 4.69) is 65.0 Å². The highest BCUT2D eigenvalue weighted by atomic mass is 14.4. The standard InChI is InChI=1S/C31H44/c1-19-6-26(17-30-22(4)12-24-8-20(2)10-28(30)15-24)14-27(7-19)18-31-23(5)13-25-9-21(3)11-29(31)16-25/h6-7,14,17-18,20-25,28-29H,8-13,15-16H2,1-5H3/b30-17+,31-18+.